The molecule has 2 unspecified atom stereocenters. The highest BCUT2D eigenvalue weighted by Gasteiger charge is 2.21. The molecule has 24 heavy (non-hydrogen) atoms. The molecule has 2 heterocycles. The molecule has 0 saturated carbocycles. The van der Waals surface area contributed by atoms with Crippen LogP contribution in [0, 0.1) is 0 Å². The van der Waals surface area contributed by atoms with Gasteiger partial charge in [-0.05, 0) is 6.08 Å². The number of aryl methyl sites for hydroxylation is 1. The smallest absolute Gasteiger partial charge is 0.322 e. The van der Waals surface area contributed by atoms with Crippen LogP contribution in [0.3, 0.4) is 0 Å². The summed E-state index contributed by atoms with van der Waals surface area (Å²) in [5, 5.41) is 1.70. The van der Waals surface area contributed by atoms with Crippen molar-refractivity contribution in [2.75, 3.05) is 0 Å². The van der Waals surface area contributed by atoms with Crippen molar-refractivity contribution in [2.24, 2.45) is 14.1 Å². The number of nitrogens with zero attached hydrogens (tertiary/aromatic N) is 4. The van der Waals surface area contributed by atoms with Crippen LogP contribution in [0.25, 0.3) is 11.2 Å². The fourth-order valence-electron chi connectivity index (χ4n) is 2.12. The molecular weight excluding hydrogens is 331 g/mol. The first-order chi connectivity index (χ1) is 11.3. The number of carbonyl (C=O) groups excluding carboxylic acids is 1. The Balaban J connectivity index is 2.30. The van der Waals surface area contributed by atoms with E-state index >= 15 is 0 Å². The molecule has 2 aromatic heterocycles. The topological polar surface area (TPSA) is 90.9 Å². The largest absolute Gasteiger partial charge is 0.332 e. The molecule has 2 atom stereocenters. The van der Waals surface area contributed by atoms with E-state index in [0.29, 0.717) is 6.08 Å². The van der Waals surface area contributed by atoms with E-state index in [1.54, 1.807) is 5.32 Å². The van der Waals surface area contributed by atoms with Crippen LogP contribution < -0.4 is 16.6 Å². The number of hydrogen-bond acceptors (Lipinski definition) is 4. The van der Waals surface area contributed by atoms with Gasteiger partial charge in [0.15, 0.2) is 17.3 Å². The average molecular weight is 345 g/mol. The predicted octanol–water partition coefficient (Wildman–Crippen LogP) is -0.333. The molecule has 1 amide bonds. The number of amides is 1. The van der Waals surface area contributed by atoms with E-state index < -0.39 is 36.2 Å². The lowest BCUT2D eigenvalue weighted by molar-refractivity contribution is -0.124. The minimum Gasteiger partial charge on any atom is -0.322 e. The van der Waals surface area contributed by atoms with E-state index in [-0.39, 0.29) is 17.5 Å². The number of carbonyl (C=O) groups is 1. The second kappa shape index (κ2) is 6.72. The molecular formula is C13H14F3N5O3. The molecule has 1 N–H and O–H groups in total. The maximum Gasteiger partial charge on any atom is 0.332 e. The number of halogens is 3. The van der Waals surface area contributed by atoms with E-state index in [1.807, 2.05) is 0 Å². The normalized spacial score (nSPS) is 14.2. The van der Waals surface area contributed by atoms with E-state index in [1.165, 1.54) is 14.1 Å². The third-order valence-corrected chi connectivity index (χ3v) is 3.37. The number of aromatic nitrogens is 4. The number of imidazole rings is 1. The molecule has 2 rings (SSSR count). The quantitative estimate of drug-likeness (QED) is 0.751. The van der Waals surface area contributed by atoms with Crippen molar-refractivity contribution in [3.8, 4) is 0 Å². The molecule has 130 valence electrons. The van der Waals surface area contributed by atoms with E-state index in [2.05, 4.69) is 4.98 Å². The highest BCUT2D eigenvalue weighted by Crippen LogP contribution is 2.06. The number of rotatable bonds is 5. The lowest BCUT2D eigenvalue weighted by Crippen LogP contribution is -2.40. The number of hydrogen-bond donors (Lipinski definition) is 1. The number of alkyl halides is 2. The molecule has 0 aliphatic heterocycles. The molecule has 2 aromatic rings. The Hall–Kier alpha value is -2.85. The Kier molecular flexibility index (Phi) is 4.90. The van der Waals surface area contributed by atoms with Crippen LogP contribution in [0.4, 0.5) is 13.2 Å². The fourth-order valence-corrected chi connectivity index (χ4v) is 2.12. The summed E-state index contributed by atoms with van der Waals surface area (Å²) in [5.41, 5.74) is -1.26. The van der Waals surface area contributed by atoms with Crippen LogP contribution in [0.5, 0.6) is 0 Å². The highest BCUT2D eigenvalue weighted by molar-refractivity contribution is 5.79. The molecule has 0 fully saturated rings. The summed E-state index contributed by atoms with van der Waals surface area (Å²) in [4.78, 5) is 39.6. The van der Waals surface area contributed by atoms with Crippen molar-refractivity contribution in [3.05, 3.63) is 39.6 Å². The van der Waals surface area contributed by atoms with Gasteiger partial charge in [0.25, 0.3) is 5.56 Å². The van der Waals surface area contributed by atoms with Crippen molar-refractivity contribution < 1.29 is 18.0 Å². The van der Waals surface area contributed by atoms with Gasteiger partial charge in [-0.15, -0.1) is 0 Å². The summed E-state index contributed by atoms with van der Waals surface area (Å²) in [6, 6.07) is 0. The summed E-state index contributed by atoms with van der Waals surface area (Å²) in [7, 11) is 2.66. The maximum absolute atomic E-state index is 13.4. The fraction of sp³-hybridized carbons (Fsp3) is 0.385. The first-order valence-electron chi connectivity index (χ1n) is 6.73. The zero-order valence-electron chi connectivity index (χ0n) is 12.7. The van der Waals surface area contributed by atoms with Crippen molar-refractivity contribution in [1.29, 1.82) is 0 Å². The van der Waals surface area contributed by atoms with Gasteiger partial charge in [0, 0.05) is 14.1 Å². The summed E-state index contributed by atoms with van der Waals surface area (Å²) < 4.78 is 41.3. The Morgan fingerprint density at radius 3 is 2.62 bits per heavy atom. The number of fused-ring (bicyclic) bond motifs is 1. The lowest BCUT2D eigenvalue weighted by atomic mass is 10.3. The van der Waals surface area contributed by atoms with E-state index in [4.69, 9.17) is 0 Å². The summed E-state index contributed by atoms with van der Waals surface area (Å²) >= 11 is 0. The molecule has 8 nitrogen and oxygen atoms in total. The van der Waals surface area contributed by atoms with Crippen LogP contribution in [0.2, 0.25) is 0 Å². The average Bonchev–Trinajstić information content (AvgIpc) is 2.94. The van der Waals surface area contributed by atoms with Gasteiger partial charge in [-0.1, -0.05) is 0 Å². The van der Waals surface area contributed by atoms with Crippen LogP contribution in [-0.4, -0.2) is 37.1 Å². The van der Waals surface area contributed by atoms with E-state index in [0.717, 1.165) is 20.0 Å². The van der Waals surface area contributed by atoms with Gasteiger partial charge >= 0.3 is 5.69 Å². The number of nitrogens with one attached hydrogen (secondary N) is 1. The molecule has 0 aliphatic carbocycles. The molecule has 0 aliphatic rings. The van der Waals surface area contributed by atoms with Gasteiger partial charge in [0.2, 0.25) is 12.2 Å². The van der Waals surface area contributed by atoms with Crippen LogP contribution >= 0.6 is 0 Å². The molecule has 11 heteroatoms. The van der Waals surface area contributed by atoms with Gasteiger partial charge in [0.05, 0.1) is 12.7 Å². The van der Waals surface area contributed by atoms with Crippen molar-refractivity contribution >= 4 is 17.1 Å². The summed E-state index contributed by atoms with van der Waals surface area (Å²) in [6.07, 6.45) is -3.51. The minimum absolute atomic E-state index is 0.0365. The Morgan fingerprint density at radius 1 is 1.33 bits per heavy atom. The molecule has 0 saturated heterocycles. The lowest BCUT2D eigenvalue weighted by Gasteiger charge is -2.12. The maximum atomic E-state index is 13.4. The van der Waals surface area contributed by atoms with Crippen molar-refractivity contribution in [1.82, 2.24) is 24.0 Å². The van der Waals surface area contributed by atoms with Crippen molar-refractivity contribution in [2.45, 2.75) is 19.0 Å². The monoisotopic (exact) mass is 345 g/mol. The van der Waals surface area contributed by atoms with Crippen molar-refractivity contribution in [3.63, 3.8) is 0 Å². The van der Waals surface area contributed by atoms with Gasteiger partial charge in [0.1, 0.15) is 6.54 Å². The molecule has 0 spiro atoms. The van der Waals surface area contributed by atoms with Crippen LogP contribution in [0.15, 0.2) is 28.3 Å². The van der Waals surface area contributed by atoms with Gasteiger partial charge in [-0.2, -0.15) is 0 Å². The van der Waals surface area contributed by atoms with Gasteiger partial charge in [-0.3, -0.25) is 18.7 Å². The minimum atomic E-state index is -2.44. The van der Waals surface area contributed by atoms with Gasteiger partial charge in [-0.25, -0.2) is 22.9 Å². The van der Waals surface area contributed by atoms with Gasteiger partial charge < -0.3 is 9.88 Å². The second-order valence-electron chi connectivity index (χ2n) is 4.98. The third-order valence-electron chi connectivity index (χ3n) is 3.37. The zero-order valence-corrected chi connectivity index (χ0v) is 12.7. The molecule has 0 bridgehead atoms. The first kappa shape index (κ1) is 17.5. The summed E-state index contributed by atoms with van der Waals surface area (Å²) in [5.74, 6) is -0.951. The van der Waals surface area contributed by atoms with Crippen LogP contribution in [-0.2, 0) is 25.4 Å². The Bertz CT molecular complexity index is 914. The SMILES string of the molecule is Cn1c(=O)c2c(ncn2CC(=O)NC(F)C(F)C=CF)n(C)c1=O. The molecule has 0 radical (unpaired) electrons. The highest BCUT2D eigenvalue weighted by atomic mass is 19.2. The Labute approximate surface area is 132 Å². The first-order valence-corrected chi connectivity index (χ1v) is 6.73. The molecule has 0 aromatic carbocycles. The third kappa shape index (κ3) is 3.09. The van der Waals surface area contributed by atoms with E-state index in [9.17, 15) is 27.6 Å². The second-order valence-corrected chi connectivity index (χ2v) is 4.98. The standard InChI is InChI=1S/C13H14F3N5O3/c1-19-11-9(12(23)20(2)13(19)24)21(6-17-11)5-8(22)18-10(16)7(15)3-4-14/h3-4,6-7,10H,5H2,1-2H3,(H,18,22). The zero-order chi connectivity index (χ0) is 18.0. The van der Waals surface area contributed by atoms with Crippen LogP contribution in [0.1, 0.15) is 0 Å². The Morgan fingerprint density at radius 2 is 2.00 bits per heavy atom. The summed E-state index contributed by atoms with van der Waals surface area (Å²) in [6.45, 7) is -0.531. The predicted molar refractivity (Wildman–Crippen MR) is 78.4 cm³/mol.